The van der Waals surface area contributed by atoms with Gasteiger partial charge in [0.2, 0.25) is 0 Å². The molecule has 0 bridgehead atoms. The molecule has 0 aliphatic rings. The minimum atomic E-state index is 0.394. The Hall–Kier alpha value is -3.21. The maximum absolute atomic E-state index is 9.42. The van der Waals surface area contributed by atoms with Crippen LogP contribution in [0.25, 0.3) is 11.4 Å². The summed E-state index contributed by atoms with van der Waals surface area (Å²) >= 11 is 0. The third kappa shape index (κ3) is 3.18. The van der Waals surface area contributed by atoms with Crippen molar-refractivity contribution in [3.8, 4) is 17.1 Å². The van der Waals surface area contributed by atoms with Crippen LogP contribution in [0.1, 0.15) is 11.3 Å². The zero-order valence-electron chi connectivity index (χ0n) is 12.5. The fraction of sp³-hybridized carbons (Fsp3) is 0.0556. The molecule has 0 radical (unpaired) electrons. The van der Waals surface area contributed by atoms with Crippen molar-refractivity contribution in [2.45, 2.75) is 0 Å². The van der Waals surface area contributed by atoms with Crippen molar-refractivity contribution in [3.05, 3.63) is 78.1 Å². The molecule has 0 fully saturated rings. The van der Waals surface area contributed by atoms with E-state index in [2.05, 4.69) is 15.1 Å². The van der Waals surface area contributed by atoms with Gasteiger partial charge in [0.05, 0.1) is 24.2 Å². The number of ether oxygens (including phenoxy) is 1. The van der Waals surface area contributed by atoms with E-state index in [1.807, 2.05) is 54.6 Å². The van der Waals surface area contributed by atoms with E-state index in [9.17, 15) is 5.21 Å². The van der Waals surface area contributed by atoms with Crippen molar-refractivity contribution in [2.75, 3.05) is 7.11 Å². The van der Waals surface area contributed by atoms with Crippen LogP contribution in [-0.4, -0.2) is 28.0 Å². The number of rotatable bonds is 4. The molecule has 5 heteroatoms. The number of oxime groups is 1. The predicted octanol–water partition coefficient (Wildman–Crippen LogP) is 3.38. The third-order valence-electron chi connectivity index (χ3n) is 3.38. The van der Waals surface area contributed by atoms with Crippen molar-refractivity contribution in [1.82, 2.24) is 9.97 Å². The van der Waals surface area contributed by atoms with Gasteiger partial charge in [-0.05, 0) is 48.5 Å². The van der Waals surface area contributed by atoms with E-state index in [0.29, 0.717) is 11.4 Å². The van der Waals surface area contributed by atoms with Crippen molar-refractivity contribution in [3.63, 3.8) is 0 Å². The Morgan fingerprint density at radius 1 is 0.957 bits per heavy atom. The van der Waals surface area contributed by atoms with Crippen molar-refractivity contribution >= 4 is 5.71 Å². The summed E-state index contributed by atoms with van der Waals surface area (Å²) in [6.45, 7) is 0. The molecule has 3 aromatic rings. The van der Waals surface area contributed by atoms with E-state index in [-0.39, 0.29) is 0 Å². The molecule has 2 aromatic heterocycles. The SMILES string of the molecule is COc1ccc(C(=NO)c2cccc(-c3ccccn3)n2)cc1. The van der Waals surface area contributed by atoms with Crippen LogP contribution in [-0.2, 0) is 0 Å². The Bertz CT molecular complexity index is 815. The molecule has 2 heterocycles. The molecule has 0 spiro atoms. The van der Waals surface area contributed by atoms with Crippen LogP contribution < -0.4 is 4.74 Å². The van der Waals surface area contributed by atoms with Crippen LogP contribution in [0.2, 0.25) is 0 Å². The summed E-state index contributed by atoms with van der Waals surface area (Å²) in [5, 5.41) is 12.8. The normalized spacial score (nSPS) is 11.3. The molecule has 0 aliphatic carbocycles. The highest BCUT2D eigenvalue weighted by Gasteiger charge is 2.11. The summed E-state index contributed by atoms with van der Waals surface area (Å²) in [5.41, 5.74) is 3.20. The van der Waals surface area contributed by atoms with Crippen LogP contribution in [0.15, 0.2) is 72.0 Å². The number of nitrogens with zero attached hydrogens (tertiary/aromatic N) is 3. The van der Waals surface area contributed by atoms with E-state index in [1.165, 1.54) is 0 Å². The number of hydrogen-bond acceptors (Lipinski definition) is 5. The molecule has 0 atom stereocenters. The van der Waals surface area contributed by atoms with Gasteiger partial charge in [0.1, 0.15) is 11.5 Å². The smallest absolute Gasteiger partial charge is 0.135 e. The molecule has 1 aromatic carbocycles. The van der Waals surface area contributed by atoms with E-state index in [0.717, 1.165) is 22.7 Å². The summed E-state index contributed by atoms with van der Waals surface area (Å²) in [4.78, 5) is 8.84. The summed E-state index contributed by atoms with van der Waals surface area (Å²) in [6, 6.07) is 18.4. The van der Waals surface area contributed by atoms with Gasteiger partial charge < -0.3 is 9.94 Å². The lowest BCUT2D eigenvalue weighted by Crippen LogP contribution is -2.06. The molecule has 5 nitrogen and oxygen atoms in total. The highest BCUT2D eigenvalue weighted by atomic mass is 16.5. The summed E-state index contributed by atoms with van der Waals surface area (Å²) < 4.78 is 5.14. The first kappa shape index (κ1) is 14.7. The zero-order valence-corrected chi connectivity index (χ0v) is 12.5. The Morgan fingerprint density at radius 2 is 1.74 bits per heavy atom. The predicted molar refractivity (Wildman–Crippen MR) is 87.9 cm³/mol. The summed E-state index contributed by atoms with van der Waals surface area (Å²) in [7, 11) is 1.61. The van der Waals surface area contributed by atoms with E-state index >= 15 is 0 Å². The standard InChI is InChI=1S/C18H15N3O2/c1-23-14-10-8-13(9-11-14)18(21-22)17-7-4-6-16(20-17)15-5-2-3-12-19-15/h2-12,22H,1H3. The van der Waals surface area contributed by atoms with Crippen LogP contribution in [0.3, 0.4) is 0 Å². The Balaban J connectivity index is 1.99. The highest BCUT2D eigenvalue weighted by molar-refractivity contribution is 6.11. The van der Waals surface area contributed by atoms with Crippen molar-refractivity contribution in [2.24, 2.45) is 5.16 Å². The maximum Gasteiger partial charge on any atom is 0.135 e. The molecule has 0 aliphatic heterocycles. The van der Waals surface area contributed by atoms with Crippen LogP contribution in [0, 0.1) is 0 Å². The van der Waals surface area contributed by atoms with Crippen LogP contribution in [0.4, 0.5) is 0 Å². The van der Waals surface area contributed by atoms with Gasteiger partial charge in [-0.2, -0.15) is 0 Å². The quantitative estimate of drug-likeness (QED) is 0.456. The fourth-order valence-electron chi connectivity index (χ4n) is 2.23. The van der Waals surface area contributed by atoms with Gasteiger partial charge in [0, 0.05) is 11.8 Å². The van der Waals surface area contributed by atoms with E-state index < -0.39 is 0 Å². The largest absolute Gasteiger partial charge is 0.497 e. The second-order valence-electron chi connectivity index (χ2n) is 4.80. The van der Waals surface area contributed by atoms with Crippen LogP contribution >= 0.6 is 0 Å². The molecular formula is C18H15N3O2. The van der Waals surface area contributed by atoms with Gasteiger partial charge in [0.15, 0.2) is 0 Å². The third-order valence-corrected chi connectivity index (χ3v) is 3.38. The van der Waals surface area contributed by atoms with Gasteiger partial charge in [-0.25, -0.2) is 4.98 Å². The molecule has 0 saturated heterocycles. The summed E-state index contributed by atoms with van der Waals surface area (Å²) in [5.74, 6) is 0.737. The Kier molecular flexibility index (Phi) is 4.29. The molecule has 3 rings (SSSR count). The minimum absolute atomic E-state index is 0.394. The highest BCUT2D eigenvalue weighted by Crippen LogP contribution is 2.18. The van der Waals surface area contributed by atoms with Gasteiger partial charge in [-0.1, -0.05) is 17.3 Å². The monoisotopic (exact) mass is 305 g/mol. The number of hydrogen-bond donors (Lipinski definition) is 1. The van der Waals surface area contributed by atoms with Gasteiger partial charge in [-0.3, -0.25) is 4.98 Å². The minimum Gasteiger partial charge on any atom is -0.497 e. The van der Waals surface area contributed by atoms with E-state index in [4.69, 9.17) is 4.74 Å². The van der Waals surface area contributed by atoms with Gasteiger partial charge >= 0.3 is 0 Å². The fourth-order valence-corrected chi connectivity index (χ4v) is 2.23. The zero-order chi connectivity index (χ0) is 16.1. The average Bonchev–Trinajstić information content (AvgIpc) is 2.64. The first-order valence-electron chi connectivity index (χ1n) is 7.07. The number of pyridine rings is 2. The second-order valence-corrected chi connectivity index (χ2v) is 4.80. The molecule has 114 valence electrons. The number of aromatic nitrogens is 2. The number of methoxy groups -OCH3 is 1. The molecule has 23 heavy (non-hydrogen) atoms. The second kappa shape index (κ2) is 6.70. The molecule has 0 saturated carbocycles. The van der Waals surface area contributed by atoms with Crippen molar-refractivity contribution in [1.29, 1.82) is 0 Å². The molecule has 0 amide bonds. The summed E-state index contributed by atoms with van der Waals surface area (Å²) in [6.07, 6.45) is 1.72. The van der Waals surface area contributed by atoms with Gasteiger partial charge in [-0.15, -0.1) is 0 Å². The Morgan fingerprint density at radius 3 is 2.39 bits per heavy atom. The lowest BCUT2D eigenvalue weighted by atomic mass is 10.1. The molecule has 1 N–H and O–H groups in total. The average molecular weight is 305 g/mol. The lowest BCUT2D eigenvalue weighted by Gasteiger charge is -2.07. The van der Waals surface area contributed by atoms with Gasteiger partial charge in [0.25, 0.3) is 0 Å². The first-order valence-corrected chi connectivity index (χ1v) is 7.07. The number of benzene rings is 1. The first-order chi connectivity index (χ1) is 11.3. The van der Waals surface area contributed by atoms with E-state index in [1.54, 1.807) is 19.4 Å². The molecule has 0 unspecified atom stereocenters. The topological polar surface area (TPSA) is 67.6 Å². The van der Waals surface area contributed by atoms with Crippen molar-refractivity contribution < 1.29 is 9.94 Å². The molecular weight excluding hydrogens is 290 g/mol. The lowest BCUT2D eigenvalue weighted by molar-refractivity contribution is 0.319. The maximum atomic E-state index is 9.42. The Labute approximate surface area is 133 Å². The van der Waals surface area contributed by atoms with Crippen LogP contribution in [0.5, 0.6) is 5.75 Å².